The normalized spacial score (nSPS) is 18.9. The number of carbonyl (C=O) groups is 1. The Bertz CT molecular complexity index is 629. The van der Waals surface area contributed by atoms with Gasteiger partial charge in [-0.1, -0.05) is 30.0 Å². The van der Waals surface area contributed by atoms with E-state index in [0.717, 1.165) is 11.3 Å². The predicted octanol–water partition coefficient (Wildman–Crippen LogP) is 2.26. The molecule has 3 rings (SSSR count). The summed E-state index contributed by atoms with van der Waals surface area (Å²) in [5.74, 6) is 1.33. The van der Waals surface area contributed by atoms with E-state index in [9.17, 15) is 4.79 Å². The molecule has 0 saturated carbocycles. The zero-order chi connectivity index (χ0) is 14.8. The van der Waals surface area contributed by atoms with Crippen LogP contribution < -0.4 is 9.47 Å². The molecule has 1 aromatic rings. The van der Waals surface area contributed by atoms with E-state index < -0.39 is 0 Å². The van der Waals surface area contributed by atoms with E-state index in [1.165, 1.54) is 11.8 Å². The van der Waals surface area contributed by atoms with Crippen LogP contribution in [0.5, 0.6) is 11.5 Å². The number of benzene rings is 1. The number of carbonyl (C=O) groups excluding carboxylic acids is 1. The lowest BCUT2D eigenvalue weighted by Crippen LogP contribution is -2.31. The zero-order valence-electron chi connectivity index (χ0n) is 11.3. The highest BCUT2D eigenvalue weighted by Crippen LogP contribution is 2.36. The molecule has 0 aliphatic carbocycles. The van der Waals surface area contributed by atoms with Crippen molar-refractivity contribution >= 4 is 40.3 Å². The Morgan fingerprint density at radius 1 is 1.43 bits per heavy atom. The highest BCUT2D eigenvalue weighted by Gasteiger charge is 2.31. The summed E-state index contributed by atoms with van der Waals surface area (Å²) in [5, 5.41) is 0. The summed E-state index contributed by atoms with van der Waals surface area (Å²) in [6.45, 7) is 1.17. The molecule has 0 unspecified atom stereocenters. The number of amides is 1. The Morgan fingerprint density at radius 3 is 3.05 bits per heavy atom. The number of fused-ring (bicyclic) bond motifs is 1. The van der Waals surface area contributed by atoms with E-state index in [2.05, 4.69) is 0 Å². The van der Waals surface area contributed by atoms with Gasteiger partial charge < -0.3 is 14.2 Å². The second kappa shape index (κ2) is 6.05. The fraction of sp³-hybridized carbons (Fsp3) is 0.286. The number of methoxy groups -OCH3 is 1. The molecule has 0 bridgehead atoms. The molecular weight excluding hydrogens is 310 g/mol. The van der Waals surface area contributed by atoms with Crippen molar-refractivity contribution in [2.75, 3.05) is 27.1 Å². The number of ether oxygens (including phenoxy) is 3. The minimum Gasteiger partial charge on any atom is -0.454 e. The van der Waals surface area contributed by atoms with Gasteiger partial charge in [-0.15, -0.1) is 0 Å². The molecule has 0 aromatic heterocycles. The summed E-state index contributed by atoms with van der Waals surface area (Å²) < 4.78 is 16.1. The number of rotatable bonds is 4. The molecular formula is C14H13NO4S2. The van der Waals surface area contributed by atoms with Crippen LogP contribution >= 0.6 is 24.0 Å². The molecule has 110 valence electrons. The fourth-order valence-electron chi connectivity index (χ4n) is 2.03. The third kappa shape index (κ3) is 2.90. The quantitative estimate of drug-likeness (QED) is 0.626. The summed E-state index contributed by atoms with van der Waals surface area (Å²) in [5.41, 5.74) is 0.881. The van der Waals surface area contributed by atoms with Gasteiger partial charge in [0.1, 0.15) is 4.32 Å². The predicted molar refractivity (Wildman–Crippen MR) is 84.3 cm³/mol. The SMILES string of the molecule is COCCN1C(=O)/C(=C/c2ccc3c(c2)OCO3)SC1=S. The Kier molecular flexibility index (Phi) is 4.14. The van der Waals surface area contributed by atoms with Gasteiger partial charge in [0, 0.05) is 7.11 Å². The van der Waals surface area contributed by atoms with Crippen LogP contribution in [0, 0.1) is 0 Å². The minimum absolute atomic E-state index is 0.0836. The summed E-state index contributed by atoms with van der Waals surface area (Å²) in [4.78, 5) is 14.5. The van der Waals surface area contributed by atoms with Crippen molar-refractivity contribution < 1.29 is 19.0 Å². The molecule has 2 aliphatic rings. The van der Waals surface area contributed by atoms with Crippen LogP contribution in [0.1, 0.15) is 5.56 Å². The van der Waals surface area contributed by atoms with Gasteiger partial charge in [0.15, 0.2) is 11.5 Å². The van der Waals surface area contributed by atoms with Crippen molar-refractivity contribution in [2.45, 2.75) is 0 Å². The standard InChI is InChI=1S/C14H13NO4S2/c1-17-5-4-15-13(16)12(21-14(15)20)7-9-2-3-10-11(6-9)19-8-18-10/h2-3,6-7H,4-5,8H2,1H3/b12-7-. The lowest BCUT2D eigenvalue weighted by atomic mass is 10.2. The third-order valence-electron chi connectivity index (χ3n) is 3.09. The van der Waals surface area contributed by atoms with Crippen LogP contribution in [0.2, 0.25) is 0 Å². The second-order valence-electron chi connectivity index (χ2n) is 4.44. The first-order valence-corrected chi connectivity index (χ1v) is 7.55. The molecule has 2 aliphatic heterocycles. The number of thiocarbonyl (C=S) groups is 1. The molecule has 21 heavy (non-hydrogen) atoms. The number of hydrogen-bond donors (Lipinski definition) is 0. The molecule has 1 fully saturated rings. The molecule has 1 aromatic carbocycles. The van der Waals surface area contributed by atoms with E-state index in [-0.39, 0.29) is 12.7 Å². The van der Waals surface area contributed by atoms with Crippen molar-refractivity contribution in [2.24, 2.45) is 0 Å². The summed E-state index contributed by atoms with van der Waals surface area (Å²) in [7, 11) is 1.60. The summed E-state index contributed by atoms with van der Waals surface area (Å²) in [6, 6.07) is 5.57. The van der Waals surface area contributed by atoms with Crippen LogP contribution in [-0.2, 0) is 9.53 Å². The average molecular weight is 323 g/mol. The van der Waals surface area contributed by atoms with Crippen LogP contribution in [0.15, 0.2) is 23.1 Å². The highest BCUT2D eigenvalue weighted by atomic mass is 32.2. The Morgan fingerprint density at radius 2 is 2.24 bits per heavy atom. The molecule has 0 spiro atoms. The monoisotopic (exact) mass is 323 g/mol. The van der Waals surface area contributed by atoms with E-state index in [4.69, 9.17) is 26.4 Å². The Hall–Kier alpha value is -1.57. The van der Waals surface area contributed by atoms with Gasteiger partial charge in [0.2, 0.25) is 6.79 Å². The van der Waals surface area contributed by atoms with Gasteiger partial charge in [0.05, 0.1) is 18.1 Å². The molecule has 0 atom stereocenters. The van der Waals surface area contributed by atoms with Gasteiger partial charge in [-0.2, -0.15) is 0 Å². The van der Waals surface area contributed by atoms with E-state index in [1.54, 1.807) is 12.0 Å². The van der Waals surface area contributed by atoms with Crippen molar-refractivity contribution in [3.05, 3.63) is 28.7 Å². The van der Waals surface area contributed by atoms with Crippen molar-refractivity contribution in [1.29, 1.82) is 0 Å². The van der Waals surface area contributed by atoms with Crippen LogP contribution in [0.4, 0.5) is 0 Å². The Labute approximate surface area is 131 Å². The van der Waals surface area contributed by atoms with Crippen molar-refractivity contribution in [3.8, 4) is 11.5 Å². The minimum atomic E-state index is -0.0836. The molecule has 7 heteroatoms. The van der Waals surface area contributed by atoms with Gasteiger partial charge in [0.25, 0.3) is 5.91 Å². The molecule has 2 heterocycles. The maximum atomic E-state index is 12.3. The highest BCUT2D eigenvalue weighted by molar-refractivity contribution is 8.26. The maximum absolute atomic E-state index is 12.3. The lowest BCUT2D eigenvalue weighted by Gasteiger charge is -2.12. The van der Waals surface area contributed by atoms with Gasteiger partial charge in [-0.3, -0.25) is 9.69 Å². The molecule has 0 N–H and O–H groups in total. The fourth-order valence-corrected chi connectivity index (χ4v) is 3.34. The summed E-state index contributed by atoms with van der Waals surface area (Å²) in [6.07, 6.45) is 1.81. The first-order valence-electron chi connectivity index (χ1n) is 6.33. The van der Waals surface area contributed by atoms with Crippen LogP contribution in [-0.4, -0.2) is 42.2 Å². The molecule has 0 radical (unpaired) electrons. The molecule has 5 nitrogen and oxygen atoms in total. The van der Waals surface area contributed by atoms with E-state index >= 15 is 0 Å². The topological polar surface area (TPSA) is 48.0 Å². The number of nitrogens with zero attached hydrogens (tertiary/aromatic N) is 1. The molecule has 1 amide bonds. The van der Waals surface area contributed by atoms with E-state index in [0.29, 0.717) is 28.1 Å². The number of hydrogen-bond acceptors (Lipinski definition) is 6. The van der Waals surface area contributed by atoms with Gasteiger partial charge in [-0.05, 0) is 23.8 Å². The third-order valence-corrected chi connectivity index (χ3v) is 4.46. The lowest BCUT2D eigenvalue weighted by molar-refractivity contribution is -0.122. The Balaban J connectivity index is 1.80. The van der Waals surface area contributed by atoms with E-state index in [1.807, 2.05) is 24.3 Å². The smallest absolute Gasteiger partial charge is 0.266 e. The number of thioether (sulfide) groups is 1. The van der Waals surface area contributed by atoms with Crippen LogP contribution in [0.3, 0.4) is 0 Å². The first kappa shape index (κ1) is 14.4. The second-order valence-corrected chi connectivity index (χ2v) is 6.11. The van der Waals surface area contributed by atoms with Crippen molar-refractivity contribution in [1.82, 2.24) is 4.90 Å². The first-order chi connectivity index (χ1) is 10.2. The summed E-state index contributed by atoms with van der Waals surface area (Å²) >= 11 is 6.53. The maximum Gasteiger partial charge on any atom is 0.266 e. The van der Waals surface area contributed by atoms with Crippen LogP contribution in [0.25, 0.3) is 6.08 Å². The van der Waals surface area contributed by atoms with Gasteiger partial charge >= 0.3 is 0 Å². The average Bonchev–Trinajstić information content (AvgIpc) is 3.03. The zero-order valence-corrected chi connectivity index (χ0v) is 13.0. The largest absolute Gasteiger partial charge is 0.454 e. The van der Waals surface area contributed by atoms with Gasteiger partial charge in [-0.25, -0.2) is 0 Å². The van der Waals surface area contributed by atoms with Crippen molar-refractivity contribution in [3.63, 3.8) is 0 Å². The molecule has 1 saturated heterocycles.